The Hall–Kier alpha value is -1.32. The van der Waals surface area contributed by atoms with Crippen LogP contribution in [0.2, 0.25) is 0 Å². The van der Waals surface area contributed by atoms with Crippen molar-refractivity contribution in [2.45, 2.75) is 20.1 Å². The van der Waals surface area contributed by atoms with Gasteiger partial charge in [-0.2, -0.15) is 0 Å². The number of hydrogen-bond acceptors (Lipinski definition) is 2. The molecule has 2 aromatic rings. The van der Waals surface area contributed by atoms with Gasteiger partial charge in [0.2, 0.25) is 0 Å². The van der Waals surface area contributed by atoms with Crippen LogP contribution in [0.4, 0.5) is 0 Å². The molecule has 0 aromatic heterocycles. The van der Waals surface area contributed by atoms with Crippen molar-refractivity contribution in [3.05, 3.63) is 63.6 Å². The number of hydrogen-bond donors (Lipinski definition) is 1. The summed E-state index contributed by atoms with van der Waals surface area (Å²) in [6, 6.07) is 14.6. The molecule has 0 saturated carbocycles. The molecule has 100 valence electrons. The molecule has 0 spiro atoms. The quantitative estimate of drug-likeness (QED) is 0.897. The standard InChI is InChI=1S/C16H18BrNO/c1-12-3-8-15(17)9-16(12)19-11-14-6-4-13(5-7-14)10-18-2/h3-9,18H,10-11H2,1-2H3. The Morgan fingerprint density at radius 1 is 1.05 bits per heavy atom. The molecule has 0 atom stereocenters. The lowest BCUT2D eigenvalue weighted by Crippen LogP contribution is -2.05. The van der Waals surface area contributed by atoms with Crippen LogP contribution in [0.1, 0.15) is 16.7 Å². The van der Waals surface area contributed by atoms with E-state index in [1.54, 1.807) is 0 Å². The van der Waals surface area contributed by atoms with E-state index in [9.17, 15) is 0 Å². The smallest absolute Gasteiger partial charge is 0.123 e. The number of halogens is 1. The number of nitrogens with one attached hydrogen (secondary N) is 1. The highest BCUT2D eigenvalue weighted by atomic mass is 79.9. The van der Waals surface area contributed by atoms with Gasteiger partial charge in [-0.05, 0) is 42.8 Å². The van der Waals surface area contributed by atoms with E-state index in [1.807, 2.05) is 19.2 Å². The Bertz CT molecular complexity index is 537. The highest BCUT2D eigenvalue weighted by Gasteiger charge is 2.01. The molecule has 0 radical (unpaired) electrons. The first-order chi connectivity index (χ1) is 9.19. The van der Waals surface area contributed by atoms with Crippen molar-refractivity contribution in [1.82, 2.24) is 5.32 Å². The third-order valence-corrected chi connectivity index (χ3v) is 3.44. The highest BCUT2D eigenvalue weighted by Crippen LogP contribution is 2.23. The maximum atomic E-state index is 5.86. The van der Waals surface area contributed by atoms with Crippen molar-refractivity contribution in [3.8, 4) is 5.75 Å². The van der Waals surface area contributed by atoms with E-state index in [0.29, 0.717) is 6.61 Å². The zero-order chi connectivity index (χ0) is 13.7. The molecular weight excluding hydrogens is 302 g/mol. The number of rotatable bonds is 5. The van der Waals surface area contributed by atoms with Gasteiger partial charge in [0, 0.05) is 11.0 Å². The van der Waals surface area contributed by atoms with Crippen LogP contribution in [0.3, 0.4) is 0 Å². The fraction of sp³-hybridized carbons (Fsp3) is 0.250. The average molecular weight is 320 g/mol. The van der Waals surface area contributed by atoms with Crippen LogP contribution in [-0.4, -0.2) is 7.05 Å². The second kappa shape index (κ2) is 6.73. The van der Waals surface area contributed by atoms with Gasteiger partial charge in [0.1, 0.15) is 12.4 Å². The van der Waals surface area contributed by atoms with Crippen LogP contribution in [0.25, 0.3) is 0 Å². The molecule has 2 aromatic carbocycles. The Balaban J connectivity index is 2.00. The number of benzene rings is 2. The first kappa shape index (κ1) is 14.1. The summed E-state index contributed by atoms with van der Waals surface area (Å²) in [5.41, 5.74) is 3.61. The van der Waals surface area contributed by atoms with E-state index in [0.717, 1.165) is 22.3 Å². The molecule has 0 aliphatic carbocycles. The van der Waals surface area contributed by atoms with Crippen LogP contribution < -0.4 is 10.1 Å². The predicted molar refractivity (Wildman–Crippen MR) is 82.4 cm³/mol. The lowest BCUT2D eigenvalue weighted by molar-refractivity contribution is 0.304. The summed E-state index contributed by atoms with van der Waals surface area (Å²) in [7, 11) is 1.95. The minimum atomic E-state index is 0.594. The van der Waals surface area contributed by atoms with Crippen LogP contribution in [0.5, 0.6) is 5.75 Å². The zero-order valence-electron chi connectivity index (χ0n) is 11.2. The third kappa shape index (κ3) is 4.08. The Morgan fingerprint density at radius 2 is 1.74 bits per heavy atom. The Labute approximate surface area is 122 Å². The molecular formula is C16H18BrNO. The SMILES string of the molecule is CNCc1ccc(COc2cc(Br)ccc2C)cc1. The van der Waals surface area contributed by atoms with Gasteiger partial charge < -0.3 is 10.1 Å². The molecule has 2 rings (SSSR count). The van der Waals surface area contributed by atoms with E-state index in [1.165, 1.54) is 11.1 Å². The largest absolute Gasteiger partial charge is 0.489 e. The minimum absolute atomic E-state index is 0.594. The highest BCUT2D eigenvalue weighted by molar-refractivity contribution is 9.10. The lowest BCUT2D eigenvalue weighted by atomic mass is 10.1. The average Bonchev–Trinajstić information content (AvgIpc) is 2.42. The van der Waals surface area contributed by atoms with Crippen molar-refractivity contribution in [2.75, 3.05) is 7.05 Å². The summed E-state index contributed by atoms with van der Waals surface area (Å²) in [4.78, 5) is 0. The second-order valence-electron chi connectivity index (χ2n) is 4.55. The van der Waals surface area contributed by atoms with Crippen LogP contribution >= 0.6 is 15.9 Å². The van der Waals surface area contributed by atoms with E-state index in [-0.39, 0.29) is 0 Å². The molecule has 0 aliphatic heterocycles. The maximum Gasteiger partial charge on any atom is 0.123 e. The molecule has 2 nitrogen and oxygen atoms in total. The molecule has 0 bridgehead atoms. The van der Waals surface area contributed by atoms with Gasteiger partial charge in [-0.1, -0.05) is 46.3 Å². The normalized spacial score (nSPS) is 10.5. The predicted octanol–water partition coefficient (Wildman–Crippen LogP) is 4.06. The first-order valence-corrected chi connectivity index (χ1v) is 7.09. The van der Waals surface area contributed by atoms with Gasteiger partial charge >= 0.3 is 0 Å². The van der Waals surface area contributed by atoms with Gasteiger partial charge in [-0.3, -0.25) is 0 Å². The molecule has 0 amide bonds. The van der Waals surface area contributed by atoms with E-state index >= 15 is 0 Å². The van der Waals surface area contributed by atoms with E-state index in [4.69, 9.17) is 4.74 Å². The summed E-state index contributed by atoms with van der Waals surface area (Å²) in [5.74, 6) is 0.925. The third-order valence-electron chi connectivity index (χ3n) is 2.95. The van der Waals surface area contributed by atoms with Crippen molar-refractivity contribution in [2.24, 2.45) is 0 Å². The van der Waals surface area contributed by atoms with Crippen molar-refractivity contribution in [1.29, 1.82) is 0 Å². The Morgan fingerprint density at radius 3 is 2.42 bits per heavy atom. The topological polar surface area (TPSA) is 21.3 Å². The van der Waals surface area contributed by atoms with Crippen molar-refractivity contribution in [3.63, 3.8) is 0 Å². The van der Waals surface area contributed by atoms with E-state index < -0.39 is 0 Å². The number of aryl methyl sites for hydroxylation is 1. The molecule has 0 aliphatic rings. The molecule has 1 N–H and O–H groups in total. The Kier molecular flexibility index (Phi) is 5.00. The molecule has 0 heterocycles. The van der Waals surface area contributed by atoms with Crippen LogP contribution in [0, 0.1) is 6.92 Å². The molecule has 0 saturated heterocycles. The van der Waals surface area contributed by atoms with Gasteiger partial charge in [0.15, 0.2) is 0 Å². The molecule has 0 fully saturated rings. The maximum absolute atomic E-state index is 5.86. The van der Waals surface area contributed by atoms with Crippen molar-refractivity contribution < 1.29 is 4.74 Å². The zero-order valence-corrected chi connectivity index (χ0v) is 12.8. The van der Waals surface area contributed by atoms with Gasteiger partial charge in [0.05, 0.1) is 0 Å². The van der Waals surface area contributed by atoms with Crippen molar-refractivity contribution >= 4 is 15.9 Å². The summed E-state index contributed by atoms with van der Waals surface area (Å²) < 4.78 is 6.90. The fourth-order valence-corrected chi connectivity index (χ4v) is 2.19. The fourth-order valence-electron chi connectivity index (χ4n) is 1.85. The van der Waals surface area contributed by atoms with Crippen LogP contribution in [0.15, 0.2) is 46.9 Å². The summed E-state index contributed by atoms with van der Waals surface area (Å²) in [6.45, 7) is 3.54. The summed E-state index contributed by atoms with van der Waals surface area (Å²) in [6.07, 6.45) is 0. The molecule has 3 heteroatoms. The minimum Gasteiger partial charge on any atom is -0.489 e. The van der Waals surface area contributed by atoms with E-state index in [2.05, 4.69) is 58.5 Å². The monoisotopic (exact) mass is 319 g/mol. The van der Waals surface area contributed by atoms with Gasteiger partial charge in [-0.15, -0.1) is 0 Å². The van der Waals surface area contributed by atoms with Gasteiger partial charge in [0.25, 0.3) is 0 Å². The summed E-state index contributed by atoms with van der Waals surface area (Å²) in [5, 5.41) is 3.14. The van der Waals surface area contributed by atoms with Gasteiger partial charge in [-0.25, -0.2) is 0 Å². The molecule has 0 unspecified atom stereocenters. The first-order valence-electron chi connectivity index (χ1n) is 6.30. The second-order valence-corrected chi connectivity index (χ2v) is 5.46. The molecule has 19 heavy (non-hydrogen) atoms. The lowest BCUT2D eigenvalue weighted by Gasteiger charge is -2.10. The summed E-state index contributed by atoms with van der Waals surface area (Å²) >= 11 is 3.46. The number of ether oxygens (including phenoxy) is 1. The van der Waals surface area contributed by atoms with Crippen LogP contribution in [-0.2, 0) is 13.2 Å².